The molecule has 0 spiro atoms. The third-order valence-electron chi connectivity index (χ3n) is 5.48. The normalized spacial score (nSPS) is 35.3. The van der Waals surface area contributed by atoms with E-state index in [2.05, 4.69) is 16.0 Å². The molecule has 1 aliphatic carbocycles. The van der Waals surface area contributed by atoms with Gasteiger partial charge in [0.2, 0.25) is 17.7 Å². The van der Waals surface area contributed by atoms with Gasteiger partial charge < -0.3 is 21.7 Å². The SMILES string of the molecule is NC(=O)[C@H](C[C@@H]1CCNC1=O)NC(=O)[C@H]1NC[C@H]2[C@@H]1CCC2(F)F. The molecule has 3 rings (SSSR count). The van der Waals surface area contributed by atoms with E-state index >= 15 is 0 Å². The minimum absolute atomic E-state index is 0.0853. The fourth-order valence-electron chi connectivity index (χ4n) is 4.11. The van der Waals surface area contributed by atoms with Gasteiger partial charge in [0.1, 0.15) is 6.04 Å². The third kappa shape index (κ3) is 3.09. The van der Waals surface area contributed by atoms with E-state index in [1.165, 1.54) is 0 Å². The fourth-order valence-corrected chi connectivity index (χ4v) is 4.11. The lowest BCUT2D eigenvalue weighted by Gasteiger charge is -2.23. The molecule has 134 valence electrons. The van der Waals surface area contributed by atoms with Gasteiger partial charge in [0, 0.05) is 31.3 Å². The van der Waals surface area contributed by atoms with Crippen LogP contribution in [0.1, 0.15) is 25.7 Å². The van der Waals surface area contributed by atoms with Crippen LogP contribution in [0.15, 0.2) is 0 Å². The lowest BCUT2D eigenvalue weighted by Crippen LogP contribution is -2.52. The Morgan fingerprint density at radius 1 is 1.38 bits per heavy atom. The lowest BCUT2D eigenvalue weighted by atomic mass is 9.92. The molecule has 0 bridgehead atoms. The molecule has 0 aromatic carbocycles. The highest BCUT2D eigenvalue weighted by Crippen LogP contribution is 2.48. The van der Waals surface area contributed by atoms with Gasteiger partial charge in [0.25, 0.3) is 5.92 Å². The van der Waals surface area contributed by atoms with E-state index in [0.29, 0.717) is 13.0 Å². The second-order valence-electron chi connectivity index (χ2n) is 6.93. The van der Waals surface area contributed by atoms with Crippen LogP contribution >= 0.6 is 0 Å². The first-order valence-electron chi connectivity index (χ1n) is 8.28. The Bertz CT molecular complexity index is 557. The summed E-state index contributed by atoms with van der Waals surface area (Å²) in [6.07, 6.45) is 0.769. The van der Waals surface area contributed by atoms with Crippen molar-refractivity contribution in [1.29, 1.82) is 0 Å². The maximum Gasteiger partial charge on any atom is 0.252 e. The summed E-state index contributed by atoms with van der Waals surface area (Å²) in [5.74, 6) is -5.80. The standard InChI is InChI=1S/C15H22F2N4O3/c16-15(17)3-1-8-9(15)6-20-11(8)14(24)21-10(12(18)22)5-7-2-4-19-13(7)23/h7-11,20H,1-6H2,(H2,18,22)(H,19,23)(H,21,24)/t7-,8-,9-,10-,11-/m0/s1. The first-order valence-corrected chi connectivity index (χ1v) is 8.28. The first-order chi connectivity index (χ1) is 11.3. The molecule has 0 aromatic heterocycles. The van der Waals surface area contributed by atoms with Crippen molar-refractivity contribution in [3.8, 4) is 0 Å². The van der Waals surface area contributed by atoms with Crippen molar-refractivity contribution in [3.05, 3.63) is 0 Å². The van der Waals surface area contributed by atoms with Crippen molar-refractivity contribution in [2.75, 3.05) is 13.1 Å². The highest BCUT2D eigenvalue weighted by Gasteiger charge is 2.56. The van der Waals surface area contributed by atoms with Crippen LogP contribution in [0.5, 0.6) is 0 Å². The number of hydrogen-bond donors (Lipinski definition) is 4. The zero-order valence-corrected chi connectivity index (χ0v) is 13.2. The summed E-state index contributed by atoms with van der Waals surface area (Å²) >= 11 is 0. The molecule has 0 unspecified atom stereocenters. The second-order valence-corrected chi connectivity index (χ2v) is 6.93. The number of hydrogen-bond acceptors (Lipinski definition) is 4. The van der Waals surface area contributed by atoms with Crippen LogP contribution in [0.25, 0.3) is 0 Å². The van der Waals surface area contributed by atoms with E-state index in [-0.39, 0.29) is 37.6 Å². The Labute approximate surface area is 138 Å². The van der Waals surface area contributed by atoms with Crippen molar-refractivity contribution in [1.82, 2.24) is 16.0 Å². The topological polar surface area (TPSA) is 113 Å². The molecule has 2 heterocycles. The molecule has 9 heteroatoms. The maximum atomic E-state index is 13.8. The molecule has 2 saturated heterocycles. The van der Waals surface area contributed by atoms with Gasteiger partial charge >= 0.3 is 0 Å². The van der Waals surface area contributed by atoms with Crippen molar-refractivity contribution in [2.45, 2.75) is 43.7 Å². The molecule has 3 aliphatic rings. The number of fused-ring (bicyclic) bond motifs is 1. The molecular formula is C15H22F2N4O3. The summed E-state index contributed by atoms with van der Waals surface area (Å²) in [7, 11) is 0. The number of amides is 3. The number of carbonyl (C=O) groups excluding carboxylic acids is 3. The van der Waals surface area contributed by atoms with E-state index in [4.69, 9.17) is 5.73 Å². The van der Waals surface area contributed by atoms with E-state index in [1.807, 2.05) is 0 Å². The van der Waals surface area contributed by atoms with Gasteiger partial charge in [-0.2, -0.15) is 0 Å². The average molecular weight is 344 g/mol. The van der Waals surface area contributed by atoms with Crippen molar-refractivity contribution in [2.24, 2.45) is 23.5 Å². The molecule has 5 N–H and O–H groups in total. The molecule has 0 radical (unpaired) electrons. The highest BCUT2D eigenvalue weighted by atomic mass is 19.3. The van der Waals surface area contributed by atoms with Gasteiger partial charge in [0.05, 0.1) is 6.04 Å². The number of halogens is 2. The predicted octanol–water partition coefficient (Wildman–Crippen LogP) is -0.884. The van der Waals surface area contributed by atoms with Crippen LogP contribution in [0.3, 0.4) is 0 Å². The highest BCUT2D eigenvalue weighted by molar-refractivity contribution is 5.90. The van der Waals surface area contributed by atoms with Crippen molar-refractivity contribution < 1.29 is 23.2 Å². The number of nitrogens with one attached hydrogen (secondary N) is 3. The molecule has 24 heavy (non-hydrogen) atoms. The van der Waals surface area contributed by atoms with E-state index < -0.39 is 41.7 Å². The number of alkyl halides is 2. The molecule has 2 aliphatic heterocycles. The second kappa shape index (κ2) is 6.27. The molecule has 5 atom stereocenters. The quantitative estimate of drug-likeness (QED) is 0.518. The largest absolute Gasteiger partial charge is 0.368 e. The van der Waals surface area contributed by atoms with Gasteiger partial charge in [-0.05, 0) is 25.2 Å². The summed E-state index contributed by atoms with van der Waals surface area (Å²) in [4.78, 5) is 35.7. The molecule has 1 saturated carbocycles. The first kappa shape index (κ1) is 17.1. The van der Waals surface area contributed by atoms with Gasteiger partial charge in [0.15, 0.2) is 0 Å². The van der Waals surface area contributed by atoms with Crippen LogP contribution in [0.4, 0.5) is 8.78 Å². The van der Waals surface area contributed by atoms with Gasteiger partial charge in [-0.15, -0.1) is 0 Å². The van der Waals surface area contributed by atoms with Crippen molar-refractivity contribution in [3.63, 3.8) is 0 Å². The predicted molar refractivity (Wildman–Crippen MR) is 79.8 cm³/mol. The fraction of sp³-hybridized carbons (Fsp3) is 0.800. The van der Waals surface area contributed by atoms with Crippen LogP contribution in [-0.2, 0) is 14.4 Å². The van der Waals surface area contributed by atoms with Crippen LogP contribution < -0.4 is 21.7 Å². The summed E-state index contributed by atoms with van der Waals surface area (Å²) in [5.41, 5.74) is 5.33. The molecule has 7 nitrogen and oxygen atoms in total. The van der Waals surface area contributed by atoms with Gasteiger partial charge in [-0.1, -0.05) is 0 Å². The Balaban J connectivity index is 1.62. The molecule has 0 aromatic rings. The minimum Gasteiger partial charge on any atom is -0.368 e. The van der Waals surface area contributed by atoms with E-state index in [0.717, 1.165) is 0 Å². The zero-order valence-electron chi connectivity index (χ0n) is 13.2. The maximum absolute atomic E-state index is 13.8. The Morgan fingerprint density at radius 2 is 2.12 bits per heavy atom. The van der Waals surface area contributed by atoms with Gasteiger partial charge in [-0.3, -0.25) is 14.4 Å². The third-order valence-corrected chi connectivity index (χ3v) is 5.48. The van der Waals surface area contributed by atoms with Crippen molar-refractivity contribution >= 4 is 17.7 Å². The van der Waals surface area contributed by atoms with Gasteiger partial charge in [-0.25, -0.2) is 8.78 Å². The Kier molecular flexibility index (Phi) is 4.46. The molecule has 3 amide bonds. The minimum atomic E-state index is -2.75. The zero-order chi connectivity index (χ0) is 17.5. The van der Waals surface area contributed by atoms with Crippen LogP contribution in [0.2, 0.25) is 0 Å². The summed E-state index contributed by atoms with van der Waals surface area (Å²) in [6, 6.07) is -1.73. The van der Waals surface area contributed by atoms with E-state index in [1.54, 1.807) is 0 Å². The lowest BCUT2D eigenvalue weighted by molar-refractivity contribution is -0.130. The van der Waals surface area contributed by atoms with Crippen LogP contribution in [-0.4, -0.2) is 48.8 Å². The summed E-state index contributed by atoms with van der Waals surface area (Å²) in [5, 5.41) is 8.04. The monoisotopic (exact) mass is 344 g/mol. The number of rotatable bonds is 5. The number of primary amides is 1. The molecule has 3 fully saturated rings. The average Bonchev–Trinajstić information content (AvgIpc) is 3.17. The Hall–Kier alpha value is -1.77. The Morgan fingerprint density at radius 3 is 2.75 bits per heavy atom. The van der Waals surface area contributed by atoms with E-state index in [9.17, 15) is 23.2 Å². The molecular weight excluding hydrogens is 322 g/mol. The smallest absolute Gasteiger partial charge is 0.252 e. The number of nitrogens with two attached hydrogens (primary N) is 1. The summed E-state index contributed by atoms with van der Waals surface area (Å²) < 4.78 is 27.5. The van der Waals surface area contributed by atoms with Crippen LogP contribution in [0, 0.1) is 17.8 Å². The summed E-state index contributed by atoms with van der Waals surface area (Å²) in [6.45, 7) is 0.619. The number of carbonyl (C=O) groups is 3.